The predicted molar refractivity (Wildman–Crippen MR) is 206 cm³/mol. The van der Waals surface area contributed by atoms with Crippen LogP contribution in [0.15, 0.2) is 152 Å². The third-order valence-electron chi connectivity index (χ3n) is 9.01. The van der Waals surface area contributed by atoms with Gasteiger partial charge in [-0.3, -0.25) is 9.97 Å². The third-order valence-corrected chi connectivity index (χ3v) is 9.01. The first-order valence-electron chi connectivity index (χ1n) is 17.0. The topological polar surface area (TPSA) is 75.0 Å². The van der Waals surface area contributed by atoms with E-state index in [0.717, 1.165) is 66.1 Å². The quantitative estimate of drug-likeness (QED) is 0.117. The molecular weight excluding hydrogens is 867 g/mol. The van der Waals surface area contributed by atoms with Gasteiger partial charge < -0.3 is 14.0 Å². The Morgan fingerprint density at radius 1 is 0.418 bits per heavy atom. The van der Waals surface area contributed by atoms with Crippen molar-refractivity contribution in [2.45, 2.75) is 0 Å². The fourth-order valence-electron chi connectivity index (χ4n) is 6.53. The van der Waals surface area contributed by atoms with Crippen LogP contribution in [0.3, 0.4) is 0 Å². The van der Waals surface area contributed by atoms with Gasteiger partial charge in [0, 0.05) is 35.4 Å². The monoisotopic (exact) mass is 891 g/mol. The number of para-hydroxylation sites is 2. The second-order valence-electron chi connectivity index (χ2n) is 12.4. The summed E-state index contributed by atoms with van der Waals surface area (Å²) in [5, 5.41) is 4.05. The second kappa shape index (κ2) is 15.4. The average Bonchev–Trinajstić information content (AvgIpc) is 3.53. The first kappa shape index (κ1) is 35.9. The van der Waals surface area contributed by atoms with Gasteiger partial charge >= 0.3 is 40.8 Å². The molecule has 0 radical (unpaired) electrons. The average molecular weight is 893 g/mol. The van der Waals surface area contributed by atoms with Gasteiger partial charge in [0.15, 0.2) is 0 Å². The second-order valence-corrected chi connectivity index (χ2v) is 12.4. The maximum Gasteiger partial charge on any atom is 2.00 e. The molecule has 7 nitrogen and oxygen atoms in total. The normalized spacial score (nSPS) is 11.0. The van der Waals surface area contributed by atoms with Gasteiger partial charge in [0.05, 0.1) is 11.0 Å². The van der Waals surface area contributed by atoms with Crippen molar-refractivity contribution in [1.29, 1.82) is 0 Å². The van der Waals surface area contributed by atoms with E-state index in [2.05, 4.69) is 58.5 Å². The van der Waals surface area contributed by atoms with E-state index in [-0.39, 0.29) is 40.8 Å². The number of rotatable bonds is 7. The Morgan fingerprint density at radius 2 is 0.891 bits per heavy atom. The van der Waals surface area contributed by atoms with Crippen molar-refractivity contribution in [2.24, 2.45) is 0 Å². The van der Waals surface area contributed by atoms with Crippen LogP contribution in [0.5, 0.6) is 23.0 Å². The SMILES string of the molecule is [Pd+2].[Pd+2].[c-]1c(Oc2[c-]c3c(cc2)c2ccc(Oc4[c-]c(-c5ccc6ccccc6n5)ccc4)[c-]c2n3-c2ncccn2)cccc1-c1ccc2ccccc2n1. The molecule has 0 amide bonds. The van der Waals surface area contributed by atoms with Gasteiger partial charge in [-0.2, -0.15) is 22.9 Å². The summed E-state index contributed by atoms with van der Waals surface area (Å²) in [6.45, 7) is 0. The molecule has 0 N–H and O–H groups in total. The summed E-state index contributed by atoms with van der Waals surface area (Å²) in [5.74, 6) is 2.60. The van der Waals surface area contributed by atoms with Crippen LogP contribution in [0.2, 0.25) is 0 Å². The molecule has 0 saturated carbocycles. The molecule has 266 valence electrons. The van der Waals surface area contributed by atoms with Crippen LogP contribution >= 0.6 is 0 Å². The fourth-order valence-corrected chi connectivity index (χ4v) is 6.53. The molecular formula is C46H25N5O2Pd2. The van der Waals surface area contributed by atoms with Gasteiger partial charge in [0.2, 0.25) is 5.95 Å². The minimum absolute atomic E-state index is 0. The summed E-state index contributed by atoms with van der Waals surface area (Å²) in [6, 6.07) is 59.1. The Hall–Kier alpha value is -6.06. The first-order valence-corrected chi connectivity index (χ1v) is 17.0. The molecule has 0 aliphatic carbocycles. The first-order chi connectivity index (χ1) is 26.2. The Kier molecular flexibility index (Phi) is 10.0. The molecule has 9 heteroatoms. The standard InChI is InChI=1S/C46H25N5O2.2Pd/c1-3-14-40-30(8-1)16-22-42(49-40)32-10-5-12-34(26-32)52-36-18-20-38-39-21-19-37(29-45(39)51(44(38)28-36)46-47-24-7-25-48-46)53-35-13-6-11-33(27-35)43-23-17-31-9-2-4-15-41(31)50-43;;/h1-25H;;/q-4;2*+2. The van der Waals surface area contributed by atoms with Gasteiger partial charge in [0.1, 0.15) is 0 Å². The Balaban J connectivity index is 0.00000214. The van der Waals surface area contributed by atoms with Gasteiger partial charge in [0.25, 0.3) is 0 Å². The van der Waals surface area contributed by atoms with Crippen LogP contribution < -0.4 is 9.47 Å². The molecule has 6 aromatic carbocycles. The Bertz CT molecular complexity index is 2810. The van der Waals surface area contributed by atoms with E-state index >= 15 is 0 Å². The summed E-state index contributed by atoms with van der Waals surface area (Å²) >= 11 is 0. The van der Waals surface area contributed by atoms with Crippen molar-refractivity contribution in [3.05, 3.63) is 176 Å². The number of hydrogen-bond donors (Lipinski definition) is 0. The van der Waals surface area contributed by atoms with E-state index < -0.39 is 0 Å². The Labute approximate surface area is 344 Å². The zero-order valence-corrected chi connectivity index (χ0v) is 31.7. The molecule has 4 aromatic heterocycles. The van der Waals surface area contributed by atoms with Gasteiger partial charge in [-0.1, -0.05) is 83.8 Å². The number of aromatic nitrogens is 5. The van der Waals surface area contributed by atoms with E-state index in [1.165, 1.54) is 0 Å². The van der Waals surface area contributed by atoms with E-state index in [1.807, 2.05) is 114 Å². The van der Waals surface area contributed by atoms with Crippen molar-refractivity contribution in [1.82, 2.24) is 24.5 Å². The third kappa shape index (κ3) is 7.03. The summed E-state index contributed by atoms with van der Waals surface area (Å²) < 4.78 is 14.6. The minimum Gasteiger partial charge on any atom is -0.503 e. The van der Waals surface area contributed by atoms with Crippen LogP contribution in [0, 0.1) is 24.3 Å². The molecule has 0 spiro atoms. The molecule has 0 fully saturated rings. The molecule has 4 heterocycles. The van der Waals surface area contributed by atoms with Crippen molar-refractivity contribution in [2.75, 3.05) is 0 Å². The zero-order chi connectivity index (χ0) is 35.1. The van der Waals surface area contributed by atoms with E-state index in [0.29, 0.717) is 28.9 Å². The number of ether oxygens (including phenoxy) is 2. The number of benzene rings is 6. The fraction of sp³-hybridized carbons (Fsp3) is 0. The molecule has 10 aromatic rings. The molecule has 0 atom stereocenters. The molecule has 0 saturated heterocycles. The predicted octanol–water partition coefficient (Wildman–Crippen LogP) is 10.8. The van der Waals surface area contributed by atoms with Gasteiger partial charge in [-0.15, -0.1) is 71.8 Å². The van der Waals surface area contributed by atoms with Gasteiger partial charge in [-0.05, 0) is 40.4 Å². The number of nitrogens with zero attached hydrogens (tertiary/aromatic N) is 5. The molecule has 0 aliphatic rings. The van der Waals surface area contributed by atoms with Crippen LogP contribution in [-0.2, 0) is 40.8 Å². The molecule has 55 heavy (non-hydrogen) atoms. The van der Waals surface area contributed by atoms with E-state index in [9.17, 15) is 0 Å². The number of pyridine rings is 2. The van der Waals surface area contributed by atoms with Crippen molar-refractivity contribution < 1.29 is 50.3 Å². The smallest absolute Gasteiger partial charge is 0.503 e. The van der Waals surface area contributed by atoms with E-state index in [1.54, 1.807) is 18.5 Å². The number of hydrogen-bond acceptors (Lipinski definition) is 6. The summed E-state index contributed by atoms with van der Waals surface area (Å²) in [7, 11) is 0. The Morgan fingerprint density at radius 3 is 1.40 bits per heavy atom. The summed E-state index contributed by atoms with van der Waals surface area (Å²) in [5.41, 5.74) is 6.63. The molecule has 0 bridgehead atoms. The summed E-state index contributed by atoms with van der Waals surface area (Å²) in [6.07, 6.45) is 3.42. The molecule has 0 unspecified atom stereocenters. The van der Waals surface area contributed by atoms with Gasteiger partial charge in [-0.25, -0.2) is 9.97 Å². The largest absolute Gasteiger partial charge is 2.00 e. The maximum atomic E-state index is 6.36. The summed E-state index contributed by atoms with van der Waals surface area (Å²) in [4.78, 5) is 18.8. The molecule has 10 rings (SSSR count). The van der Waals surface area contributed by atoms with Crippen molar-refractivity contribution in [3.63, 3.8) is 0 Å². The van der Waals surface area contributed by atoms with Crippen molar-refractivity contribution >= 4 is 43.6 Å². The van der Waals surface area contributed by atoms with Crippen molar-refractivity contribution in [3.8, 4) is 51.5 Å². The number of fused-ring (bicyclic) bond motifs is 5. The van der Waals surface area contributed by atoms with E-state index in [4.69, 9.17) is 19.4 Å². The van der Waals surface area contributed by atoms with Crippen LogP contribution in [-0.4, -0.2) is 24.5 Å². The molecule has 0 aliphatic heterocycles. The van der Waals surface area contributed by atoms with Crippen LogP contribution in [0.4, 0.5) is 0 Å². The zero-order valence-electron chi connectivity index (χ0n) is 28.6. The van der Waals surface area contributed by atoms with Crippen LogP contribution in [0.25, 0.3) is 72.1 Å². The van der Waals surface area contributed by atoms with Crippen LogP contribution in [0.1, 0.15) is 0 Å². The minimum atomic E-state index is 0. The maximum absolute atomic E-state index is 6.36.